The number of carbonyl (C=O) groups excluding carboxylic acids is 1. The van der Waals surface area contributed by atoms with Crippen LogP contribution in [0.2, 0.25) is 5.28 Å². The second-order valence-corrected chi connectivity index (χ2v) is 9.02. The highest BCUT2D eigenvalue weighted by atomic mass is 35.5. The van der Waals surface area contributed by atoms with Crippen LogP contribution in [-0.4, -0.2) is 52.2 Å². The quantitative estimate of drug-likeness (QED) is 0.706. The summed E-state index contributed by atoms with van der Waals surface area (Å²) in [5.74, 6) is 0.854. The number of piperazine rings is 1. The van der Waals surface area contributed by atoms with Gasteiger partial charge in [0.25, 0.3) is 0 Å². The number of nitrogens with zero attached hydrogens (tertiary/aromatic N) is 4. The number of rotatable bonds is 2. The minimum atomic E-state index is -0.489. The van der Waals surface area contributed by atoms with Crippen LogP contribution in [0.4, 0.5) is 10.6 Å². The van der Waals surface area contributed by atoms with E-state index < -0.39 is 5.60 Å². The monoisotopic (exact) mass is 396 g/mol. The van der Waals surface area contributed by atoms with Gasteiger partial charge in [-0.1, -0.05) is 6.92 Å². The molecule has 6 nitrogen and oxygen atoms in total. The Labute approximate surface area is 163 Å². The van der Waals surface area contributed by atoms with Gasteiger partial charge in [-0.3, -0.25) is 0 Å². The van der Waals surface area contributed by atoms with Crippen molar-refractivity contribution >= 4 is 45.1 Å². The molecule has 0 spiro atoms. The van der Waals surface area contributed by atoms with E-state index in [2.05, 4.69) is 34.8 Å². The van der Waals surface area contributed by atoms with Crippen molar-refractivity contribution in [3.05, 3.63) is 16.2 Å². The van der Waals surface area contributed by atoms with Gasteiger partial charge in [0.05, 0.1) is 5.39 Å². The average molecular weight is 397 g/mol. The van der Waals surface area contributed by atoms with Crippen LogP contribution < -0.4 is 4.90 Å². The molecule has 1 saturated heterocycles. The van der Waals surface area contributed by atoms with Gasteiger partial charge >= 0.3 is 6.09 Å². The predicted octanol–water partition coefficient (Wildman–Crippen LogP) is 4.35. The van der Waals surface area contributed by atoms with Crippen molar-refractivity contribution in [3.63, 3.8) is 0 Å². The van der Waals surface area contributed by atoms with Crippen LogP contribution >= 0.6 is 22.9 Å². The van der Waals surface area contributed by atoms with Crippen molar-refractivity contribution in [2.75, 3.05) is 24.5 Å². The lowest BCUT2D eigenvalue weighted by molar-refractivity contribution is 0.0218. The maximum atomic E-state index is 12.4. The van der Waals surface area contributed by atoms with Crippen molar-refractivity contribution in [1.82, 2.24) is 14.9 Å². The molecule has 2 aromatic rings. The van der Waals surface area contributed by atoms with Crippen molar-refractivity contribution in [3.8, 4) is 0 Å². The van der Waals surface area contributed by atoms with Crippen LogP contribution in [0.3, 0.4) is 0 Å². The number of aryl methyl sites for hydroxylation is 1. The first-order chi connectivity index (χ1) is 12.2. The molecule has 0 aromatic carbocycles. The molecule has 1 aliphatic rings. The first kappa shape index (κ1) is 19.2. The maximum absolute atomic E-state index is 12.4. The van der Waals surface area contributed by atoms with E-state index in [0.29, 0.717) is 19.6 Å². The lowest BCUT2D eigenvalue weighted by Crippen LogP contribution is -2.54. The van der Waals surface area contributed by atoms with E-state index in [1.807, 2.05) is 20.8 Å². The number of ether oxygens (including phenoxy) is 1. The predicted molar refractivity (Wildman–Crippen MR) is 106 cm³/mol. The molecule has 0 radical (unpaired) electrons. The fourth-order valence-electron chi connectivity index (χ4n) is 3.09. The standard InChI is InChI=1S/C18H25ClN4O2S/c1-6-12-9-13-14(20-16(19)21-15(13)26-12)23-8-7-22(10-11(23)2)17(24)25-18(3,4)5/h9,11H,6-8,10H2,1-5H3/t11-/m0/s1. The number of halogens is 1. The molecular formula is C18H25ClN4O2S. The van der Waals surface area contributed by atoms with E-state index >= 15 is 0 Å². The molecule has 3 heterocycles. The Bertz CT molecular complexity index is 817. The second kappa shape index (κ2) is 7.19. The number of aromatic nitrogens is 2. The molecular weight excluding hydrogens is 372 g/mol. The van der Waals surface area contributed by atoms with Crippen LogP contribution in [0.15, 0.2) is 6.07 Å². The molecule has 1 amide bonds. The molecule has 0 N–H and O–H groups in total. The summed E-state index contributed by atoms with van der Waals surface area (Å²) in [5.41, 5.74) is -0.489. The molecule has 8 heteroatoms. The van der Waals surface area contributed by atoms with E-state index in [4.69, 9.17) is 16.3 Å². The van der Waals surface area contributed by atoms with Gasteiger partial charge in [0.1, 0.15) is 16.2 Å². The zero-order valence-corrected chi connectivity index (χ0v) is 17.4. The highest BCUT2D eigenvalue weighted by Gasteiger charge is 2.31. The Morgan fingerprint density at radius 3 is 2.73 bits per heavy atom. The van der Waals surface area contributed by atoms with Crippen LogP contribution in [0.25, 0.3) is 10.2 Å². The Hall–Kier alpha value is -1.60. The molecule has 1 fully saturated rings. The van der Waals surface area contributed by atoms with Crippen molar-refractivity contribution in [1.29, 1.82) is 0 Å². The van der Waals surface area contributed by atoms with Gasteiger partial charge in [-0.15, -0.1) is 11.3 Å². The number of hydrogen-bond donors (Lipinski definition) is 0. The third kappa shape index (κ3) is 4.04. The zero-order valence-electron chi connectivity index (χ0n) is 15.9. The van der Waals surface area contributed by atoms with Gasteiger partial charge in [-0.05, 0) is 51.8 Å². The highest BCUT2D eigenvalue weighted by molar-refractivity contribution is 7.18. The van der Waals surface area contributed by atoms with E-state index in [-0.39, 0.29) is 17.4 Å². The lowest BCUT2D eigenvalue weighted by Gasteiger charge is -2.41. The largest absolute Gasteiger partial charge is 0.444 e. The third-order valence-corrected chi connectivity index (χ3v) is 5.64. The molecule has 0 unspecified atom stereocenters. The number of amides is 1. The first-order valence-corrected chi connectivity index (χ1v) is 10.1. The third-order valence-electron chi connectivity index (χ3n) is 4.30. The minimum Gasteiger partial charge on any atom is -0.444 e. The fraction of sp³-hybridized carbons (Fsp3) is 0.611. The van der Waals surface area contributed by atoms with Gasteiger partial charge < -0.3 is 14.5 Å². The Morgan fingerprint density at radius 2 is 2.12 bits per heavy atom. The summed E-state index contributed by atoms with van der Waals surface area (Å²) in [6.07, 6.45) is 0.693. The number of hydrogen-bond acceptors (Lipinski definition) is 6. The van der Waals surface area contributed by atoms with Gasteiger partial charge in [0.15, 0.2) is 0 Å². The number of carbonyl (C=O) groups is 1. The van der Waals surface area contributed by atoms with Crippen molar-refractivity contribution in [2.45, 2.75) is 52.7 Å². The summed E-state index contributed by atoms with van der Waals surface area (Å²) in [6.45, 7) is 11.7. The van der Waals surface area contributed by atoms with Crippen LogP contribution in [0.1, 0.15) is 39.5 Å². The molecule has 0 aliphatic carbocycles. The summed E-state index contributed by atoms with van der Waals surface area (Å²) < 4.78 is 5.50. The number of thiophene rings is 1. The van der Waals surface area contributed by atoms with E-state index in [9.17, 15) is 4.79 Å². The second-order valence-electron chi connectivity index (χ2n) is 7.57. The molecule has 1 aliphatic heterocycles. The summed E-state index contributed by atoms with van der Waals surface area (Å²) in [7, 11) is 0. The van der Waals surface area contributed by atoms with E-state index in [1.54, 1.807) is 16.2 Å². The van der Waals surface area contributed by atoms with Crippen LogP contribution in [-0.2, 0) is 11.2 Å². The summed E-state index contributed by atoms with van der Waals surface area (Å²) in [5, 5.41) is 1.30. The van der Waals surface area contributed by atoms with Gasteiger partial charge in [0, 0.05) is 30.6 Å². The molecule has 3 rings (SSSR count). The van der Waals surface area contributed by atoms with Crippen LogP contribution in [0, 0.1) is 0 Å². The Balaban J connectivity index is 1.83. The van der Waals surface area contributed by atoms with Crippen LogP contribution in [0.5, 0.6) is 0 Å². The highest BCUT2D eigenvalue weighted by Crippen LogP contribution is 2.34. The van der Waals surface area contributed by atoms with Crippen molar-refractivity contribution in [2.24, 2.45) is 0 Å². The minimum absolute atomic E-state index is 0.107. The molecule has 0 saturated carbocycles. The van der Waals surface area contributed by atoms with Crippen molar-refractivity contribution < 1.29 is 9.53 Å². The first-order valence-electron chi connectivity index (χ1n) is 8.88. The lowest BCUT2D eigenvalue weighted by atomic mass is 10.1. The summed E-state index contributed by atoms with van der Waals surface area (Å²) in [4.78, 5) is 27.4. The molecule has 1 atom stereocenters. The zero-order chi connectivity index (χ0) is 19.1. The topological polar surface area (TPSA) is 58.6 Å². The average Bonchev–Trinajstić information content (AvgIpc) is 2.95. The molecule has 0 bridgehead atoms. The molecule has 142 valence electrons. The SMILES string of the molecule is CCc1cc2c(N3CCN(C(=O)OC(C)(C)C)C[C@@H]3C)nc(Cl)nc2s1. The fourth-order valence-corrected chi connectivity index (χ4v) is 4.27. The normalized spacial score (nSPS) is 18.5. The Kier molecular flexibility index (Phi) is 5.30. The Morgan fingerprint density at radius 1 is 1.38 bits per heavy atom. The number of fused-ring (bicyclic) bond motifs is 1. The van der Waals surface area contributed by atoms with Gasteiger partial charge in [0.2, 0.25) is 5.28 Å². The van der Waals surface area contributed by atoms with Gasteiger partial charge in [-0.2, -0.15) is 4.98 Å². The summed E-state index contributed by atoms with van der Waals surface area (Å²) >= 11 is 7.82. The van der Waals surface area contributed by atoms with Gasteiger partial charge in [-0.25, -0.2) is 9.78 Å². The number of anilines is 1. The van der Waals surface area contributed by atoms with E-state index in [1.165, 1.54) is 4.88 Å². The summed E-state index contributed by atoms with van der Waals surface area (Å²) in [6, 6.07) is 2.26. The smallest absolute Gasteiger partial charge is 0.410 e. The molecule has 2 aromatic heterocycles. The maximum Gasteiger partial charge on any atom is 0.410 e. The molecule has 26 heavy (non-hydrogen) atoms. The van der Waals surface area contributed by atoms with E-state index in [0.717, 1.165) is 22.5 Å².